The summed E-state index contributed by atoms with van der Waals surface area (Å²) in [5, 5.41) is 13.8. The summed E-state index contributed by atoms with van der Waals surface area (Å²) in [6.45, 7) is 6.33. The van der Waals surface area contributed by atoms with Gasteiger partial charge in [0.25, 0.3) is 0 Å². The molecule has 11 nitrogen and oxygen atoms in total. The van der Waals surface area contributed by atoms with Crippen molar-refractivity contribution < 1.29 is 4.79 Å². The molecule has 0 bridgehead atoms. The second-order valence-corrected chi connectivity index (χ2v) is 18.5. The van der Waals surface area contributed by atoms with Gasteiger partial charge in [-0.15, -0.1) is 23.1 Å². The number of pyridine rings is 1. The summed E-state index contributed by atoms with van der Waals surface area (Å²) >= 11 is 3.67. The summed E-state index contributed by atoms with van der Waals surface area (Å²) in [6, 6.07) is 11.0. The lowest BCUT2D eigenvalue weighted by Gasteiger charge is -2.32. The van der Waals surface area contributed by atoms with Crippen LogP contribution in [0.25, 0.3) is 10.2 Å². The lowest BCUT2D eigenvalue weighted by molar-refractivity contribution is -0.120. The van der Waals surface area contributed by atoms with Crippen molar-refractivity contribution in [1.29, 1.82) is 5.41 Å². The zero-order chi connectivity index (χ0) is 37.5. The molecule has 1 aliphatic carbocycles. The standard InChI is InChI=1S/C42H52N10OS2/c1-44-21-32(20-43)27-4-3-5-36-35(18-27)48-42(54-36)29-7-11-39(46-23-29)51-15-13-31(25-51)30-12-14-50(24-30)38-10-6-28(22-45-38)41-47-34-9-8-33(19-37(34)55-41)52-17-16-49(2)26-40(52)53/h7-11,19-23,27-28,30-31,35-36,43-44H,3-6,12-18,24-26H2,1-2H3/b32-21+,43-20?. The molecule has 6 unspecified atom stereocenters. The molecule has 288 valence electrons. The van der Waals surface area contributed by atoms with Crippen LogP contribution in [-0.2, 0) is 4.79 Å². The predicted octanol–water partition coefficient (Wildman–Crippen LogP) is 6.39. The van der Waals surface area contributed by atoms with Crippen molar-refractivity contribution in [2.45, 2.75) is 62.2 Å². The molecule has 6 atom stereocenters. The number of nitrogens with zero attached hydrogens (tertiary/aromatic N) is 8. The highest BCUT2D eigenvalue weighted by Crippen LogP contribution is 2.42. The number of likely N-dealkylation sites (tertiary alicyclic amines) is 1. The van der Waals surface area contributed by atoms with Crippen LogP contribution in [-0.4, -0.2) is 114 Å². The van der Waals surface area contributed by atoms with Crippen molar-refractivity contribution in [3.8, 4) is 0 Å². The van der Waals surface area contributed by atoms with Gasteiger partial charge in [0.05, 0.1) is 27.8 Å². The fraction of sp³-hybridized carbons (Fsp3) is 0.524. The first-order valence-electron chi connectivity index (χ1n) is 20.1. The maximum Gasteiger partial charge on any atom is 0.241 e. The van der Waals surface area contributed by atoms with E-state index < -0.39 is 0 Å². The molecule has 1 saturated carbocycles. The number of nitrogens with one attached hydrogen (secondary N) is 2. The Morgan fingerprint density at radius 2 is 1.87 bits per heavy atom. The van der Waals surface area contributed by atoms with Crippen molar-refractivity contribution in [1.82, 2.24) is 25.1 Å². The Morgan fingerprint density at radius 3 is 2.64 bits per heavy atom. The van der Waals surface area contributed by atoms with Crippen LogP contribution in [0.15, 0.2) is 70.2 Å². The van der Waals surface area contributed by atoms with Gasteiger partial charge in [0.2, 0.25) is 5.91 Å². The quantitative estimate of drug-likeness (QED) is 0.241. The zero-order valence-electron chi connectivity index (χ0n) is 31.9. The third-order valence-corrected chi connectivity index (χ3v) is 15.2. The van der Waals surface area contributed by atoms with E-state index in [-0.39, 0.29) is 11.8 Å². The lowest BCUT2D eigenvalue weighted by Crippen LogP contribution is -2.48. The van der Waals surface area contributed by atoms with Crippen LogP contribution < -0.4 is 15.1 Å². The van der Waals surface area contributed by atoms with E-state index in [0.717, 1.165) is 107 Å². The number of amides is 1. The minimum Gasteiger partial charge on any atom is -0.394 e. The SMILES string of the molecule is CN/C=C(\C=N)C1CCCC2SC(c3ccc(N4CCC(C5CCN(C6=CCC(c7nc8ccc(N9CCN(C)CC9=O)cc8s7)C=N6)C5)C4)nc3)=NC2C1. The first-order chi connectivity index (χ1) is 26.9. The van der Waals surface area contributed by atoms with Crippen molar-refractivity contribution in [2.24, 2.45) is 27.7 Å². The third-order valence-electron chi connectivity index (χ3n) is 12.6. The number of anilines is 2. The first kappa shape index (κ1) is 36.6. The third kappa shape index (κ3) is 7.59. The molecule has 7 heterocycles. The molecule has 2 aromatic heterocycles. The maximum absolute atomic E-state index is 12.7. The number of carbonyl (C=O) groups is 1. The van der Waals surface area contributed by atoms with E-state index in [1.54, 1.807) is 11.3 Å². The van der Waals surface area contributed by atoms with E-state index in [1.807, 2.05) is 49.2 Å². The number of carbonyl (C=O) groups excluding carboxylic acids is 1. The largest absolute Gasteiger partial charge is 0.394 e. The average molecular weight is 777 g/mol. The highest BCUT2D eigenvalue weighted by Gasteiger charge is 2.37. The molecule has 3 aromatic rings. The molecule has 55 heavy (non-hydrogen) atoms. The van der Waals surface area contributed by atoms with Gasteiger partial charge in [-0.3, -0.25) is 14.7 Å². The molecule has 1 aromatic carbocycles. The van der Waals surface area contributed by atoms with E-state index in [1.165, 1.54) is 31.9 Å². The summed E-state index contributed by atoms with van der Waals surface area (Å²) in [5.41, 5.74) is 4.19. The molecular weight excluding hydrogens is 725 g/mol. The number of thiazole rings is 1. The summed E-state index contributed by atoms with van der Waals surface area (Å²) in [5.74, 6) is 4.26. The van der Waals surface area contributed by atoms with Crippen LogP contribution in [0.1, 0.15) is 61.4 Å². The molecule has 5 aliphatic heterocycles. The minimum atomic E-state index is 0.154. The molecule has 4 fully saturated rings. The lowest BCUT2D eigenvalue weighted by atomic mass is 9.91. The second-order valence-electron chi connectivity index (χ2n) is 16.2. The molecule has 13 heteroatoms. The number of allylic oxidation sites excluding steroid dienone is 2. The molecule has 6 aliphatic rings. The van der Waals surface area contributed by atoms with Gasteiger partial charge in [0.15, 0.2) is 0 Å². The number of benzene rings is 1. The monoisotopic (exact) mass is 776 g/mol. The van der Waals surface area contributed by atoms with Gasteiger partial charge in [-0.1, -0.05) is 6.42 Å². The van der Waals surface area contributed by atoms with Crippen molar-refractivity contribution in [3.63, 3.8) is 0 Å². The number of rotatable bonds is 9. The van der Waals surface area contributed by atoms with E-state index in [9.17, 15) is 4.79 Å². The molecule has 2 N–H and O–H groups in total. The number of aromatic nitrogens is 2. The van der Waals surface area contributed by atoms with Gasteiger partial charge in [-0.2, -0.15) is 0 Å². The second kappa shape index (κ2) is 15.8. The van der Waals surface area contributed by atoms with Crippen molar-refractivity contribution >= 4 is 68.2 Å². The highest BCUT2D eigenvalue weighted by molar-refractivity contribution is 8.15. The number of likely N-dealkylation sites (N-methyl/N-ethyl adjacent to an activating group) is 1. The van der Waals surface area contributed by atoms with Gasteiger partial charge >= 0.3 is 0 Å². The van der Waals surface area contributed by atoms with Crippen LogP contribution in [0.5, 0.6) is 0 Å². The maximum atomic E-state index is 12.7. The van der Waals surface area contributed by atoms with Crippen molar-refractivity contribution in [3.05, 3.63) is 70.8 Å². The normalized spacial score (nSPS) is 29.1. The molecule has 3 saturated heterocycles. The summed E-state index contributed by atoms with van der Waals surface area (Å²) in [4.78, 5) is 41.8. The molecule has 1 amide bonds. The number of piperazine rings is 1. The number of aliphatic imine (C=N–C) groups is 2. The fourth-order valence-corrected chi connectivity index (χ4v) is 11.9. The zero-order valence-corrected chi connectivity index (χ0v) is 33.6. The smallest absolute Gasteiger partial charge is 0.241 e. The average Bonchev–Trinajstić information content (AvgIpc) is 4.02. The van der Waals surface area contributed by atoms with Crippen LogP contribution >= 0.6 is 23.1 Å². The number of fused-ring (bicyclic) bond motifs is 2. The number of hydrogen-bond acceptors (Lipinski definition) is 12. The van der Waals surface area contributed by atoms with Crippen LogP contribution in [0, 0.1) is 23.2 Å². The molecule has 9 rings (SSSR count). The van der Waals surface area contributed by atoms with E-state index in [2.05, 4.69) is 56.6 Å². The Kier molecular flexibility index (Phi) is 10.5. The molecule has 0 spiro atoms. The van der Waals surface area contributed by atoms with Gasteiger partial charge < -0.3 is 25.4 Å². The Hall–Kier alpha value is -4.07. The van der Waals surface area contributed by atoms with Gasteiger partial charge in [-0.25, -0.2) is 15.0 Å². The molecule has 0 radical (unpaired) electrons. The summed E-state index contributed by atoms with van der Waals surface area (Å²) < 4.78 is 1.13. The van der Waals surface area contributed by atoms with E-state index in [0.29, 0.717) is 35.6 Å². The topological polar surface area (TPSA) is 116 Å². The number of thioether (sulfide) groups is 1. The van der Waals surface area contributed by atoms with Gasteiger partial charge in [0, 0.05) is 93.6 Å². The van der Waals surface area contributed by atoms with Crippen LogP contribution in [0.2, 0.25) is 0 Å². The summed E-state index contributed by atoms with van der Waals surface area (Å²) in [7, 11) is 3.91. The van der Waals surface area contributed by atoms with Crippen molar-refractivity contribution in [2.75, 3.05) is 69.7 Å². The fourth-order valence-electron chi connectivity index (χ4n) is 9.48. The summed E-state index contributed by atoms with van der Waals surface area (Å²) in [6.07, 6.45) is 17.8. The van der Waals surface area contributed by atoms with Gasteiger partial charge in [0.1, 0.15) is 16.6 Å². The Labute approximate surface area is 332 Å². The van der Waals surface area contributed by atoms with Crippen LogP contribution in [0.3, 0.4) is 0 Å². The Bertz CT molecular complexity index is 2040. The van der Waals surface area contributed by atoms with E-state index in [4.69, 9.17) is 25.4 Å². The Balaban J connectivity index is 0.773. The molecular formula is C42H52N10OS2. The number of hydrogen-bond donors (Lipinski definition) is 2. The van der Waals surface area contributed by atoms with E-state index >= 15 is 0 Å². The van der Waals surface area contributed by atoms with Crippen LogP contribution in [0.4, 0.5) is 11.5 Å². The predicted molar refractivity (Wildman–Crippen MR) is 227 cm³/mol. The highest BCUT2D eigenvalue weighted by atomic mass is 32.2. The minimum absolute atomic E-state index is 0.154. The first-order valence-corrected chi connectivity index (χ1v) is 21.8. The van der Waals surface area contributed by atoms with Gasteiger partial charge in [-0.05, 0) is 105 Å². The Morgan fingerprint density at radius 1 is 1.02 bits per heavy atom.